The average Bonchev–Trinajstić information content (AvgIpc) is 1.97. The van der Waals surface area contributed by atoms with Gasteiger partial charge in [-0.25, -0.2) is 19.6 Å². The van der Waals surface area contributed by atoms with Gasteiger partial charge in [0.15, 0.2) is 23.3 Å². The van der Waals surface area contributed by atoms with Gasteiger partial charge in [0, 0.05) is 6.07 Å². The van der Waals surface area contributed by atoms with Crippen molar-refractivity contribution in [2.24, 2.45) is 5.84 Å². The van der Waals surface area contributed by atoms with Crippen LogP contribution in [0.3, 0.4) is 0 Å². The number of halogens is 2. The van der Waals surface area contributed by atoms with Crippen LogP contribution < -0.4 is 17.0 Å². The number of hydrogen-bond donors (Lipinski definition) is 3. The van der Waals surface area contributed by atoms with E-state index in [1.54, 1.807) is 0 Å². The smallest absolute Gasteiger partial charge is 0.178 e. The highest BCUT2D eigenvalue weighted by Crippen LogP contribution is 2.14. The summed E-state index contributed by atoms with van der Waals surface area (Å²) in [7, 11) is 0. The van der Waals surface area contributed by atoms with Gasteiger partial charge in [0.25, 0.3) is 0 Å². The summed E-state index contributed by atoms with van der Waals surface area (Å²) in [4.78, 5) is 3.28. The van der Waals surface area contributed by atoms with Gasteiger partial charge in [-0.3, -0.25) is 0 Å². The number of hydrogen-bond acceptors (Lipinski definition) is 4. The van der Waals surface area contributed by atoms with Crippen molar-refractivity contribution in [1.82, 2.24) is 4.98 Å². The fourth-order valence-corrected chi connectivity index (χ4v) is 0.582. The van der Waals surface area contributed by atoms with Gasteiger partial charge in [-0.05, 0) is 0 Å². The molecule has 1 aromatic rings. The molecule has 1 heterocycles. The third-order valence-electron chi connectivity index (χ3n) is 1.09. The van der Waals surface area contributed by atoms with Gasteiger partial charge in [-0.1, -0.05) is 0 Å². The summed E-state index contributed by atoms with van der Waals surface area (Å²) in [6.07, 6.45) is 0. The Kier molecular flexibility index (Phi) is 1.86. The lowest BCUT2D eigenvalue weighted by Gasteiger charge is -2.01. The summed E-state index contributed by atoms with van der Waals surface area (Å²) < 4.78 is 24.9. The summed E-state index contributed by atoms with van der Waals surface area (Å²) in [6.45, 7) is 0. The molecule has 0 bridgehead atoms. The predicted octanol–water partition coefficient (Wildman–Crippen LogP) is 0.228. The zero-order valence-electron chi connectivity index (χ0n) is 5.44. The Hall–Kier alpha value is -1.43. The zero-order chi connectivity index (χ0) is 8.43. The standard InChI is InChI=1S/C5H6F2N4/c6-2-1-3(7)5(11-9)10-4(2)8/h1H,9H2,(H3,8,10,11). The Morgan fingerprint density at radius 2 is 2.00 bits per heavy atom. The van der Waals surface area contributed by atoms with Crippen molar-refractivity contribution in [3.8, 4) is 0 Å². The van der Waals surface area contributed by atoms with E-state index in [0.29, 0.717) is 6.07 Å². The molecule has 0 aromatic carbocycles. The minimum absolute atomic E-state index is 0.274. The van der Waals surface area contributed by atoms with E-state index >= 15 is 0 Å². The molecule has 1 rings (SSSR count). The second kappa shape index (κ2) is 2.67. The molecule has 5 N–H and O–H groups in total. The van der Waals surface area contributed by atoms with Gasteiger partial charge in [-0.2, -0.15) is 0 Å². The summed E-state index contributed by atoms with van der Waals surface area (Å²) in [5.74, 6) is 2.40. The number of rotatable bonds is 1. The number of nitrogens with zero attached hydrogens (tertiary/aromatic N) is 1. The summed E-state index contributed by atoms with van der Waals surface area (Å²) in [6, 6.07) is 0.609. The molecule has 6 heteroatoms. The Balaban J connectivity index is 3.21. The molecule has 0 unspecified atom stereocenters. The lowest BCUT2D eigenvalue weighted by atomic mass is 10.4. The molecule has 1 aromatic heterocycles. The fraction of sp³-hybridized carbons (Fsp3) is 0. The molecule has 0 spiro atoms. The maximum atomic E-state index is 12.5. The number of pyridine rings is 1. The van der Waals surface area contributed by atoms with E-state index in [1.165, 1.54) is 0 Å². The number of nitrogens with one attached hydrogen (secondary N) is 1. The molecule has 0 saturated carbocycles. The van der Waals surface area contributed by atoms with E-state index in [2.05, 4.69) is 4.98 Å². The molecule has 0 amide bonds. The normalized spacial score (nSPS) is 9.73. The number of nitrogen functional groups attached to an aromatic ring is 2. The monoisotopic (exact) mass is 160 g/mol. The summed E-state index contributed by atoms with van der Waals surface area (Å²) >= 11 is 0. The van der Waals surface area contributed by atoms with Crippen LogP contribution in [0.1, 0.15) is 0 Å². The first-order chi connectivity index (χ1) is 5.15. The van der Waals surface area contributed by atoms with Crippen molar-refractivity contribution in [1.29, 1.82) is 0 Å². The third-order valence-corrected chi connectivity index (χ3v) is 1.09. The van der Waals surface area contributed by atoms with E-state index in [1.807, 2.05) is 5.43 Å². The maximum absolute atomic E-state index is 12.5. The van der Waals surface area contributed by atoms with Crippen LogP contribution in [-0.2, 0) is 0 Å². The van der Waals surface area contributed by atoms with Crippen molar-refractivity contribution in [3.63, 3.8) is 0 Å². The molecular formula is C5H6F2N4. The SMILES string of the molecule is NNc1nc(N)c(F)cc1F. The van der Waals surface area contributed by atoms with Crippen LogP contribution in [0.2, 0.25) is 0 Å². The van der Waals surface area contributed by atoms with Crippen molar-refractivity contribution >= 4 is 11.6 Å². The first-order valence-corrected chi connectivity index (χ1v) is 2.73. The van der Waals surface area contributed by atoms with Crippen LogP contribution in [0.15, 0.2) is 6.07 Å². The summed E-state index contributed by atoms with van der Waals surface area (Å²) in [5, 5.41) is 0. The molecule has 11 heavy (non-hydrogen) atoms. The molecule has 0 atom stereocenters. The van der Waals surface area contributed by atoms with Crippen LogP contribution in [0.25, 0.3) is 0 Å². The van der Waals surface area contributed by atoms with Gasteiger partial charge < -0.3 is 11.2 Å². The lowest BCUT2D eigenvalue weighted by Crippen LogP contribution is -2.12. The van der Waals surface area contributed by atoms with E-state index < -0.39 is 11.6 Å². The lowest BCUT2D eigenvalue weighted by molar-refractivity contribution is 0.580. The highest BCUT2D eigenvalue weighted by molar-refractivity contribution is 5.43. The molecule has 0 saturated heterocycles. The molecule has 0 aliphatic rings. The van der Waals surface area contributed by atoms with E-state index in [4.69, 9.17) is 11.6 Å². The van der Waals surface area contributed by atoms with Crippen LogP contribution >= 0.6 is 0 Å². The minimum atomic E-state index is -0.901. The molecule has 0 radical (unpaired) electrons. The fourth-order valence-electron chi connectivity index (χ4n) is 0.582. The molecule has 0 aliphatic heterocycles. The Morgan fingerprint density at radius 3 is 2.55 bits per heavy atom. The maximum Gasteiger partial charge on any atom is 0.178 e. The molecule has 4 nitrogen and oxygen atoms in total. The Labute approximate surface area is 61.2 Å². The Morgan fingerprint density at radius 1 is 1.36 bits per heavy atom. The van der Waals surface area contributed by atoms with Crippen LogP contribution in [0.4, 0.5) is 20.4 Å². The van der Waals surface area contributed by atoms with E-state index in [-0.39, 0.29) is 11.6 Å². The average molecular weight is 160 g/mol. The second-order valence-electron chi connectivity index (χ2n) is 1.83. The number of aromatic nitrogens is 1. The predicted molar refractivity (Wildman–Crippen MR) is 36.4 cm³/mol. The van der Waals surface area contributed by atoms with Crippen LogP contribution in [-0.4, -0.2) is 4.98 Å². The first-order valence-electron chi connectivity index (χ1n) is 2.73. The van der Waals surface area contributed by atoms with Crippen molar-refractivity contribution < 1.29 is 8.78 Å². The number of hydrazine groups is 1. The summed E-state index contributed by atoms with van der Waals surface area (Å²) in [5.41, 5.74) is 6.95. The number of nitrogens with two attached hydrogens (primary N) is 2. The van der Waals surface area contributed by atoms with Crippen LogP contribution in [0.5, 0.6) is 0 Å². The largest absolute Gasteiger partial charge is 0.381 e. The Bertz CT molecular complexity index is 275. The van der Waals surface area contributed by atoms with Crippen LogP contribution in [0, 0.1) is 11.6 Å². The molecule has 0 aliphatic carbocycles. The van der Waals surface area contributed by atoms with Gasteiger partial charge >= 0.3 is 0 Å². The highest BCUT2D eigenvalue weighted by Gasteiger charge is 2.07. The topological polar surface area (TPSA) is 77.0 Å². The third kappa shape index (κ3) is 1.35. The molecule has 60 valence electrons. The van der Waals surface area contributed by atoms with E-state index in [9.17, 15) is 8.78 Å². The highest BCUT2D eigenvalue weighted by atomic mass is 19.1. The first kappa shape index (κ1) is 7.67. The quantitative estimate of drug-likeness (QED) is 0.406. The number of anilines is 2. The molecule has 0 fully saturated rings. The van der Waals surface area contributed by atoms with Crippen molar-refractivity contribution in [3.05, 3.63) is 17.7 Å². The van der Waals surface area contributed by atoms with E-state index in [0.717, 1.165) is 0 Å². The van der Waals surface area contributed by atoms with Gasteiger partial charge in [0.05, 0.1) is 0 Å². The zero-order valence-corrected chi connectivity index (χ0v) is 5.44. The van der Waals surface area contributed by atoms with Crippen molar-refractivity contribution in [2.75, 3.05) is 11.2 Å². The van der Waals surface area contributed by atoms with Gasteiger partial charge in [-0.15, -0.1) is 0 Å². The van der Waals surface area contributed by atoms with Gasteiger partial charge in [0.2, 0.25) is 0 Å². The minimum Gasteiger partial charge on any atom is -0.381 e. The van der Waals surface area contributed by atoms with Crippen molar-refractivity contribution in [2.45, 2.75) is 0 Å². The molecular weight excluding hydrogens is 154 g/mol. The van der Waals surface area contributed by atoms with Gasteiger partial charge in [0.1, 0.15) is 0 Å². The second-order valence-corrected chi connectivity index (χ2v) is 1.83.